The first-order valence-corrected chi connectivity index (χ1v) is 7.91. The molecule has 8 heteroatoms. The largest absolute Gasteiger partial charge is 0.417 e. The molecule has 0 atom stereocenters. The summed E-state index contributed by atoms with van der Waals surface area (Å²) in [5.74, 6) is 0. The lowest BCUT2D eigenvalue weighted by Gasteiger charge is -2.29. The summed E-state index contributed by atoms with van der Waals surface area (Å²) in [6, 6.07) is 4.23. The van der Waals surface area contributed by atoms with Gasteiger partial charge in [-0.05, 0) is 25.0 Å². The first-order valence-electron chi connectivity index (χ1n) is 6.03. The minimum Gasteiger partial charge on any atom is -0.207 e. The molecule has 0 unspecified atom stereocenters. The number of sulfonamides is 1. The predicted octanol–water partition coefficient (Wildman–Crippen LogP) is 3.10. The van der Waals surface area contributed by atoms with Gasteiger partial charge < -0.3 is 0 Å². The third-order valence-corrected chi connectivity index (χ3v) is 5.59. The van der Waals surface area contributed by atoms with Gasteiger partial charge in [0.25, 0.3) is 0 Å². The second-order valence-corrected chi connectivity index (χ2v) is 7.10. The Bertz CT molecular complexity index is 581. The molecule has 1 aromatic carbocycles. The molecule has 1 saturated heterocycles. The number of hydrogen-bond acceptors (Lipinski definition) is 2. The van der Waals surface area contributed by atoms with Crippen molar-refractivity contribution in [3.05, 3.63) is 29.8 Å². The highest BCUT2D eigenvalue weighted by atomic mass is 35.5. The number of nitrogens with zero attached hydrogens (tertiary/aromatic N) is 1. The zero-order valence-electron chi connectivity index (χ0n) is 10.4. The highest BCUT2D eigenvalue weighted by molar-refractivity contribution is 7.89. The maximum atomic E-state index is 12.9. The average Bonchev–Trinajstić information content (AvgIpc) is 2.38. The molecule has 20 heavy (non-hydrogen) atoms. The van der Waals surface area contributed by atoms with Crippen LogP contribution in [0.4, 0.5) is 13.2 Å². The molecule has 1 heterocycles. The Balaban J connectivity index is 2.40. The Kier molecular flexibility index (Phi) is 4.32. The summed E-state index contributed by atoms with van der Waals surface area (Å²) in [4.78, 5) is -0.694. The van der Waals surface area contributed by atoms with Crippen LogP contribution in [0, 0.1) is 0 Å². The highest BCUT2D eigenvalue weighted by Crippen LogP contribution is 2.35. The highest BCUT2D eigenvalue weighted by Gasteiger charge is 2.39. The molecule has 0 radical (unpaired) electrons. The molecule has 0 bridgehead atoms. The number of halogens is 4. The van der Waals surface area contributed by atoms with Gasteiger partial charge in [-0.1, -0.05) is 12.1 Å². The van der Waals surface area contributed by atoms with E-state index in [2.05, 4.69) is 0 Å². The van der Waals surface area contributed by atoms with Crippen molar-refractivity contribution >= 4 is 21.6 Å². The van der Waals surface area contributed by atoms with Gasteiger partial charge in [-0.3, -0.25) is 0 Å². The number of benzene rings is 1. The molecule has 0 amide bonds. The van der Waals surface area contributed by atoms with E-state index in [-0.39, 0.29) is 18.5 Å². The average molecular weight is 328 g/mol. The van der Waals surface area contributed by atoms with Crippen LogP contribution in [0.25, 0.3) is 0 Å². The smallest absolute Gasteiger partial charge is 0.207 e. The normalized spacial score (nSPS) is 19.2. The summed E-state index contributed by atoms with van der Waals surface area (Å²) < 4.78 is 64.5. The van der Waals surface area contributed by atoms with Crippen LogP contribution in [0.15, 0.2) is 29.2 Å². The first kappa shape index (κ1) is 15.6. The SMILES string of the molecule is O=S(=O)(c1ccccc1C(F)(F)F)N1CCC(Cl)CC1. The third-order valence-electron chi connectivity index (χ3n) is 3.19. The van der Waals surface area contributed by atoms with Crippen molar-refractivity contribution in [3.8, 4) is 0 Å². The lowest BCUT2D eigenvalue weighted by molar-refractivity contribution is -0.139. The molecule has 1 aliphatic heterocycles. The van der Waals surface area contributed by atoms with Crippen molar-refractivity contribution in [1.29, 1.82) is 0 Å². The standard InChI is InChI=1S/C12H13ClF3NO2S/c13-9-5-7-17(8-6-9)20(18,19)11-4-2-1-3-10(11)12(14,15)16/h1-4,9H,5-8H2. The molecule has 0 spiro atoms. The lowest BCUT2D eigenvalue weighted by atomic mass is 10.2. The summed E-state index contributed by atoms with van der Waals surface area (Å²) in [5, 5.41) is -0.126. The molecule has 1 fully saturated rings. The minimum absolute atomic E-state index is 0.126. The lowest BCUT2D eigenvalue weighted by Crippen LogP contribution is -2.39. The molecule has 3 nitrogen and oxygen atoms in total. The topological polar surface area (TPSA) is 37.4 Å². The molecule has 0 N–H and O–H groups in total. The molecule has 112 valence electrons. The van der Waals surface area contributed by atoms with E-state index >= 15 is 0 Å². The Hall–Kier alpha value is -0.790. The predicted molar refractivity (Wildman–Crippen MR) is 69.1 cm³/mol. The van der Waals surface area contributed by atoms with Gasteiger partial charge in [-0.2, -0.15) is 17.5 Å². The molecule has 1 aromatic rings. The molecular weight excluding hydrogens is 315 g/mol. The van der Waals surface area contributed by atoms with E-state index in [1.807, 2.05) is 0 Å². The van der Waals surface area contributed by atoms with Crippen LogP contribution in [0.1, 0.15) is 18.4 Å². The quantitative estimate of drug-likeness (QED) is 0.783. The maximum Gasteiger partial charge on any atom is 0.417 e. The van der Waals surface area contributed by atoms with Gasteiger partial charge in [0.15, 0.2) is 0 Å². The molecule has 0 aromatic heterocycles. The van der Waals surface area contributed by atoms with E-state index in [9.17, 15) is 21.6 Å². The Labute approximate surface area is 120 Å². The Morgan fingerprint density at radius 1 is 1.15 bits per heavy atom. The molecule has 0 aliphatic carbocycles. The van der Waals surface area contributed by atoms with E-state index in [0.29, 0.717) is 12.8 Å². The van der Waals surface area contributed by atoms with Crippen molar-refractivity contribution in [3.63, 3.8) is 0 Å². The third kappa shape index (κ3) is 3.10. The van der Waals surface area contributed by atoms with Gasteiger partial charge in [-0.25, -0.2) is 8.42 Å². The van der Waals surface area contributed by atoms with Crippen molar-refractivity contribution in [1.82, 2.24) is 4.31 Å². The van der Waals surface area contributed by atoms with E-state index in [0.717, 1.165) is 16.4 Å². The van der Waals surface area contributed by atoms with Crippen LogP contribution in [0.3, 0.4) is 0 Å². The van der Waals surface area contributed by atoms with Crippen molar-refractivity contribution in [2.24, 2.45) is 0 Å². The summed E-state index contributed by atoms with van der Waals surface area (Å²) in [6.45, 7) is 0.283. The first-order chi connectivity index (χ1) is 9.23. The second-order valence-electron chi connectivity index (χ2n) is 4.57. The van der Waals surface area contributed by atoms with E-state index < -0.39 is 26.7 Å². The monoisotopic (exact) mass is 327 g/mol. The van der Waals surface area contributed by atoms with Crippen LogP contribution >= 0.6 is 11.6 Å². The zero-order chi connectivity index (χ0) is 15.0. The van der Waals surface area contributed by atoms with Gasteiger partial charge in [-0.15, -0.1) is 11.6 Å². The number of alkyl halides is 4. The van der Waals surface area contributed by atoms with Gasteiger partial charge >= 0.3 is 6.18 Å². The zero-order valence-corrected chi connectivity index (χ0v) is 12.0. The van der Waals surface area contributed by atoms with Gasteiger partial charge in [0.1, 0.15) is 0 Å². The van der Waals surface area contributed by atoms with Gasteiger partial charge in [0.2, 0.25) is 10.0 Å². The molecular formula is C12H13ClF3NO2S. The number of rotatable bonds is 2. The van der Waals surface area contributed by atoms with Gasteiger partial charge in [0.05, 0.1) is 10.5 Å². The van der Waals surface area contributed by atoms with Crippen molar-refractivity contribution in [2.75, 3.05) is 13.1 Å². The van der Waals surface area contributed by atoms with E-state index in [4.69, 9.17) is 11.6 Å². The van der Waals surface area contributed by atoms with Crippen LogP contribution < -0.4 is 0 Å². The van der Waals surface area contributed by atoms with Crippen molar-refractivity contribution in [2.45, 2.75) is 29.3 Å². The van der Waals surface area contributed by atoms with Crippen LogP contribution in [-0.4, -0.2) is 31.2 Å². The number of piperidine rings is 1. The van der Waals surface area contributed by atoms with Crippen LogP contribution in [-0.2, 0) is 16.2 Å². The summed E-state index contributed by atoms with van der Waals surface area (Å²) >= 11 is 5.88. The van der Waals surface area contributed by atoms with E-state index in [1.165, 1.54) is 12.1 Å². The second kappa shape index (κ2) is 5.54. The Morgan fingerprint density at radius 3 is 2.25 bits per heavy atom. The summed E-state index contributed by atoms with van der Waals surface area (Å²) in [7, 11) is -4.14. The van der Waals surface area contributed by atoms with Crippen LogP contribution in [0.2, 0.25) is 0 Å². The fourth-order valence-electron chi connectivity index (χ4n) is 2.13. The Morgan fingerprint density at radius 2 is 1.70 bits per heavy atom. The number of hydrogen-bond donors (Lipinski definition) is 0. The summed E-state index contributed by atoms with van der Waals surface area (Å²) in [5.41, 5.74) is -1.13. The summed E-state index contributed by atoms with van der Waals surface area (Å²) in [6.07, 6.45) is -3.82. The fourth-order valence-corrected chi connectivity index (χ4v) is 4.01. The molecule has 1 aliphatic rings. The minimum atomic E-state index is -4.70. The molecule has 2 rings (SSSR count). The fraction of sp³-hybridized carbons (Fsp3) is 0.500. The van der Waals surface area contributed by atoms with Crippen molar-refractivity contribution < 1.29 is 21.6 Å². The van der Waals surface area contributed by atoms with E-state index in [1.54, 1.807) is 0 Å². The maximum absolute atomic E-state index is 12.9. The van der Waals surface area contributed by atoms with Gasteiger partial charge in [0, 0.05) is 18.5 Å². The van der Waals surface area contributed by atoms with Crippen LogP contribution in [0.5, 0.6) is 0 Å². The molecule has 0 saturated carbocycles.